The quantitative estimate of drug-likeness (QED) is 0.105. The molecule has 0 spiro atoms. The van der Waals surface area contributed by atoms with E-state index in [0.717, 1.165) is 16.7 Å². The molecule has 0 radical (unpaired) electrons. The zero-order chi connectivity index (χ0) is 72.7. The number of allylic oxidation sites excluding steroid dienone is 1. The Morgan fingerprint density at radius 2 is 0.926 bits per heavy atom. The number of hydrogen-bond acceptors (Lipinski definition) is 16. The number of esters is 1. The van der Waals surface area contributed by atoms with Gasteiger partial charge in [0.15, 0.2) is 0 Å². The minimum absolute atomic E-state index is 0.0537. The van der Waals surface area contributed by atoms with Gasteiger partial charge in [-0.1, -0.05) is 109 Å². The number of likely N-dealkylation sites (N-methyl/N-ethyl adjacent to an activating group) is 7. The normalized spacial score (nSPS) is 25.3. The van der Waals surface area contributed by atoms with Crippen LogP contribution in [-0.4, -0.2) is 247 Å². The smallest absolute Gasteiger partial charge is 0.459 e. The summed E-state index contributed by atoms with van der Waals surface area (Å²) in [7, 11) is 9.71. The van der Waals surface area contributed by atoms with E-state index < -0.39 is 168 Å². The lowest BCUT2D eigenvalue weighted by atomic mass is 9.91. The van der Waals surface area contributed by atoms with Crippen LogP contribution in [0.5, 0.6) is 0 Å². The third-order valence-corrected chi connectivity index (χ3v) is 16.8. The molecule has 1 fully saturated rings. The Morgan fingerprint density at radius 3 is 1.39 bits per heavy atom. The maximum Gasteiger partial charge on any atom is 0.508 e. The SMILES string of the molecule is CCOC(=O)OCC=CC[C@@H](C)[C@@H](OC(C)=O)C1C(=O)N[C@@H](CC)C(=O)N(C)CC(=O)N(C)C(CC(C)C)C(=O)N[C@@H](C(C)C)C(=O)N(C)[C@@H](CC(C)C)C(=O)N[C@@H](C)C(=O)N[C@H](C)C(=O)N(C)[C@@H](CC(C)C)C(=O)N(C)[C@@H](CC(C)C)C(=O)N(C)[C@@H](C(C)C)C(=O)N1C. The summed E-state index contributed by atoms with van der Waals surface area (Å²) in [5.74, 6) is -11.5. The molecule has 1 aliphatic heterocycles. The number of amides is 11. The second-order valence-electron chi connectivity index (χ2n) is 27.6. The summed E-state index contributed by atoms with van der Waals surface area (Å²) >= 11 is 0. The van der Waals surface area contributed by atoms with E-state index in [1.165, 1.54) is 93.8 Å². The summed E-state index contributed by atoms with van der Waals surface area (Å²) in [4.78, 5) is 196. The highest BCUT2D eigenvalue weighted by molar-refractivity contribution is 5.99. The molecule has 1 heterocycles. The van der Waals surface area contributed by atoms with Gasteiger partial charge in [0.2, 0.25) is 65.0 Å². The van der Waals surface area contributed by atoms with Crippen LogP contribution in [0.4, 0.5) is 4.79 Å². The fraction of sp³-hybridized carbons (Fsp3) is 0.776. The van der Waals surface area contributed by atoms with Gasteiger partial charge >= 0.3 is 12.1 Å². The Bertz CT molecular complexity index is 2630. The zero-order valence-corrected chi connectivity index (χ0v) is 61.1. The van der Waals surface area contributed by atoms with E-state index in [1.807, 2.05) is 55.4 Å². The van der Waals surface area contributed by atoms with Gasteiger partial charge in [-0.25, -0.2) is 4.79 Å². The topological polar surface area (TPSA) is 320 Å². The molecule has 2 unspecified atom stereocenters. The van der Waals surface area contributed by atoms with Crippen LogP contribution in [0.15, 0.2) is 12.2 Å². The zero-order valence-electron chi connectivity index (χ0n) is 61.1. The Balaban J connectivity index is 4.48. The third-order valence-electron chi connectivity index (χ3n) is 16.8. The highest BCUT2D eigenvalue weighted by Gasteiger charge is 2.47. The van der Waals surface area contributed by atoms with Gasteiger partial charge in [-0.3, -0.25) is 57.5 Å². The predicted molar refractivity (Wildman–Crippen MR) is 355 cm³/mol. The lowest BCUT2D eigenvalue weighted by molar-refractivity contribution is -0.164. The number of nitrogens with one attached hydrogen (secondary N) is 4. The Hall–Kier alpha value is -7.35. The summed E-state index contributed by atoms with van der Waals surface area (Å²) in [5, 5.41) is 11.0. The van der Waals surface area contributed by atoms with E-state index in [1.54, 1.807) is 54.5 Å². The van der Waals surface area contributed by atoms with Gasteiger partial charge in [-0.15, -0.1) is 0 Å². The first-order chi connectivity index (χ1) is 43.5. The number of nitrogens with zero attached hydrogens (tertiary/aromatic N) is 7. The maximum absolute atomic E-state index is 15.5. The fourth-order valence-electron chi connectivity index (χ4n) is 11.3. The van der Waals surface area contributed by atoms with Gasteiger partial charge in [0.1, 0.15) is 73.1 Å². The van der Waals surface area contributed by atoms with E-state index in [4.69, 9.17) is 14.2 Å². The number of ether oxygens (including phenoxy) is 3. The number of rotatable bonds is 19. The highest BCUT2D eigenvalue weighted by atomic mass is 16.7. The molecular weight excluding hydrogens is 1210 g/mol. The van der Waals surface area contributed by atoms with Gasteiger partial charge < -0.3 is 69.8 Å². The third kappa shape index (κ3) is 25.1. The van der Waals surface area contributed by atoms with Crippen molar-refractivity contribution in [2.24, 2.45) is 41.4 Å². The average molecular weight is 1330 g/mol. The van der Waals surface area contributed by atoms with Crippen molar-refractivity contribution < 1.29 is 76.5 Å². The maximum atomic E-state index is 15.5. The van der Waals surface area contributed by atoms with Crippen LogP contribution in [0.2, 0.25) is 0 Å². The molecule has 4 N–H and O–H groups in total. The van der Waals surface area contributed by atoms with Crippen molar-refractivity contribution in [3.05, 3.63) is 12.2 Å². The number of carbonyl (C=O) groups is 13. The first kappa shape index (κ1) is 84.7. The van der Waals surface area contributed by atoms with E-state index in [-0.39, 0.29) is 75.4 Å². The monoisotopic (exact) mass is 1330 g/mol. The molecule has 1 saturated heterocycles. The highest BCUT2D eigenvalue weighted by Crippen LogP contribution is 2.27. The van der Waals surface area contributed by atoms with Crippen molar-refractivity contribution >= 4 is 77.1 Å². The van der Waals surface area contributed by atoms with Gasteiger partial charge in [0.05, 0.1) is 13.2 Å². The van der Waals surface area contributed by atoms with Crippen molar-refractivity contribution in [3.63, 3.8) is 0 Å². The Morgan fingerprint density at radius 1 is 0.479 bits per heavy atom. The Kier molecular flexibility index (Phi) is 35.6. The van der Waals surface area contributed by atoms with Crippen LogP contribution in [0.1, 0.15) is 163 Å². The molecule has 0 aromatic rings. The minimum Gasteiger partial charge on any atom is -0.459 e. The van der Waals surface area contributed by atoms with Gasteiger partial charge in [-0.2, -0.15) is 0 Å². The lowest BCUT2D eigenvalue weighted by Crippen LogP contribution is -2.64. The van der Waals surface area contributed by atoms with Crippen molar-refractivity contribution in [3.8, 4) is 0 Å². The molecular formula is C67H117N11O16. The molecule has 11 amide bonds. The molecule has 27 nitrogen and oxygen atoms in total. The summed E-state index contributed by atoms with van der Waals surface area (Å²) in [6, 6.07) is -12.9. The second kappa shape index (κ2) is 39.5. The van der Waals surface area contributed by atoms with E-state index in [9.17, 15) is 43.2 Å². The molecule has 0 aliphatic carbocycles. The summed E-state index contributed by atoms with van der Waals surface area (Å²) in [5.41, 5.74) is 0. The predicted octanol–water partition coefficient (Wildman–Crippen LogP) is 3.99. The van der Waals surface area contributed by atoms with E-state index in [0.29, 0.717) is 0 Å². The van der Waals surface area contributed by atoms with Gasteiger partial charge in [0.25, 0.3) is 0 Å². The molecule has 27 heteroatoms. The molecule has 12 atom stereocenters. The lowest BCUT2D eigenvalue weighted by Gasteiger charge is -2.42. The van der Waals surface area contributed by atoms with Crippen LogP contribution in [0.3, 0.4) is 0 Å². The average Bonchev–Trinajstić information content (AvgIpc) is 0.804. The van der Waals surface area contributed by atoms with Crippen LogP contribution >= 0.6 is 0 Å². The van der Waals surface area contributed by atoms with Crippen LogP contribution in [0.25, 0.3) is 0 Å². The second-order valence-corrected chi connectivity index (χ2v) is 27.6. The fourth-order valence-corrected chi connectivity index (χ4v) is 11.3. The van der Waals surface area contributed by atoms with Gasteiger partial charge in [0, 0.05) is 56.3 Å². The van der Waals surface area contributed by atoms with Crippen LogP contribution in [0, 0.1) is 41.4 Å². The van der Waals surface area contributed by atoms with Gasteiger partial charge in [-0.05, 0) is 101 Å². The molecule has 94 heavy (non-hydrogen) atoms. The minimum atomic E-state index is -1.72. The van der Waals surface area contributed by atoms with Crippen molar-refractivity contribution in [2.75, 3.05) is 69.1 Å². The molecule has 0 bridgehead atoms. The molecule has 0 saturated carbocycles. The number of hydrogen-bond donors (Lipinski definition) is 4. The summed E-state index contributed by atoms with van der Waals surface area (Å²) in [6.07, 6.45) is 1.28. The Labute approximate surface area is 559 Å². The van der Waals surface area contributed by atoms with Crippen LogP contribution < -0.4 is 21.3 Å². The summed E-state index contributed by atoms with van der Waals surface area (Å²) in [6.45, 7) is 29.7. The van der Waals surface area contributed by atoms with Crippen molar-refractivity contribution in [2.45, 2.75) is 230 Å². The summed E-state index contributed by atoms with van der Waals surface area (Å²) < 4.78 is 15.9. The standard InChI is InChI=1S/C67H117N11O16/c1-26-47-62(86)72(19)36-52(80)73(20)48(32-37(3)4)59(83)71-53(41(11)12)65(89)74(21)49(33-38(5)6)58(82)68-44(16)57(81)69-45(17)61(85)75(22)50(34-39(7)8)63(87)76(23)51(35-40(9)10)64(88)77(24)54(42(13)14)66(90)78(25)55(60(84)70-47)56(94-46(18)79)43(15)30-28-29-31-93-67(91)92-27-2/h28-29,37-45,47-51,53-56H,26-27,30-36H2,1-25H3,(H,68,82)(H,69,81)(H,70,84)(H,71,83)/t43-,44+,45-,47+,48?,49+,50+,51+,53+,54+,55?,56-/m1/s1. The molecule has 0 aromatic heterocycles. The number of carbonyl (C=O) groups excluding carboxylic acids is 13. The molecule has 0 aromatic carbocycles. The molecule has 1 rings (SSSR count). The van der Waals surface area contributed by atoms with E-state index in [2.05, 4.69) is 21.3 Å². The molecule has 1 aliphatic rings. The largest absolute Gasteiger partial charge is 0.508 e. The van der Waals surface area contributed by atoms with Crippen molar-refractivity contribution in [1.29, 1.82) is 0 Å². The first-order valence-electron chi connectivity index (χ1n) is 33.2. The molecule has 536 valence electrons. The first-order valence-corrected chi connectivity index (χ1v) is 33.2. The van der Waals surface area contributed by atoms with Crippen molar-refractivity contribution in [1.82, 2.24) is 55.6 Å². The van der Waals surface area contributed by atoms with Crippen LogP contribution in [-0.2, 0) is 71.7 Å². The van der Waals surface area contributed by atoms with E-state index >= 15 is 19.2 Å².